The van der Waals surface area contributed by atoms with E-state index in [2.05, 4.69) is 0 Å². The summed E-state index contributed by atoms with van der Waals surface area (Å²) >= 11 is 1.60. The second-order valence-electron chi connectivity index (χ2n) is 4.15. The van der Waals surface area contributed by atoms with Crippen molar-refractivity contribution in [2.24, 2.45) is 0 Å². The Hall–Kier alpha value is -1.74. The van der Waals surface area contributed by atoms with Gasteiger partial charge in [-0.3, -0.25) is 4.79 Å². The van der Waals surface area contributed by atoms with Crippen LogP contribution in [0.4, 0.5) is 5.69 Å². The van der Waals surface area contributed by atoms with Crippen LogP contribution in [0.3, 0.4) is 0 Å². The molecule has 0 radical (unpaired) electrons. The molecule has 0 spiro atoms. The summed E-state index contributed by atoms with van der Waals surface area (Å²) in [5.74, 6) is -0.0246. The van der Waals surface area contributed by atoms with Gasteiger partial charge in [-0.2, -0.15) is 0 Å². The fourth-order valence-corrected chi connectivity index (χ4v) is 2.16. The number of aryl methyl sites for hydroxylation is 1. The van der Waals surface area contributed by atoms with Crippen molar-refractivity contribution in [3.05, 3.63) is 59.2 Å². The number of hydrogen-bond acceptors (Lipinski definition) is 3. The van der Waals surface area contributed by atoms with Gasteiger partial charge in [0.2, 0.25) is 0 Å². The van der Waals surface area contributed by atoms with Gasteiger partial charge < -0.3 is 5.73 Å². The van der Waals surface area contributed by atoms with Crippen molar-refractivity contribution in [1.29, 1.82) is 0 Å². The smallest absolute Gasteiger partial charge is 0.195 e. The fraction of sp³-hybridized carbons (Fsp3) is 0.133. The highest BCUT2D eigenvalue weighted by Gasteiger charge is 2.12. The van der Waals surface area contributed by atoms with Crippen LogP contribution in [0.2, 0.25) is 0 Å². The van der Waals surface area contributed by atoms with E-state index in [-0.39, 0.29) is 5.78 Å². The number of carbonyl (C=O) groups excluding carboxylic acids is 1. The summed E-state index contributed by atoms with van der Waals surface area (Å²) in [4.78, 5) is 13.4. The molecule has 0 atom stereocenters. The molecule has 2 nitrogen and oxygen atoms in total. The van der Waals surface area contributed by atoms with E-state index in [0.717, 1.165) is 10.5 Å². The van der Waals surface area contributed by atoms with Gasteiger partial charge in [-0.1, -0.05) is 29.8 Å². The van der Waals surface area contributed by atoms with Crippen LogP contribution in [0.5, 0.6) is 0 Å². The van der Waals surface area contributed by atoms with Crippen molar-refractivity contribution in [3.8, 4) is 0 Å². The van der Waals surface area contributed by atoms with Crippen LogP contribution < -0.4 is 5.73 Å². The van der Waals surface area contributed by atoms with E-state index < -0.39 is 0 Å². The zero-order valence-corrected chi connectivity index (χ0v) is 11.3. The van der Waals surface area contributed by atoms with E-state index in [9.17, 15) is 4.79 Å². The molecule has 0 heterocycles. The van der Waals surface area contributed by atoms with Crippen LogP contribution in [-0.4, -0.2) is 12.0 Å². The maximum absolute atomic E-state index is 12.4. The lowest BCUT2D eigenvalue weighted by Crippen LogP contribution is -2.05. The van der Waals surface area contributed by atoms with E-state index in [0.29, 0.717) is 16.8 Å². The second kappa shape index (κ2) is 5.27. The molecule has 0 aliphatic heterocycles. The summed E-state index contributed by atoms with van der Waals surface area (Å²) in [7, 11) is 0. The number of thioether (sulfide) groups is 1. The zero-order chi connectivity index (χ0) is 13.1. The molecule has 0 bridgehead atoms. The topological polar surface area (TPSA) is 43.1 Å². The average molecular weight is 257 g/mol. The molecular formula is C15H15NOS. The first-order valence-electron chi connectivity index (χ1n) is 5.66. The fourth-order valence-electron chi connectivity index (χ4n) is 1.72. The number of nitrogens with two attached hydrogens (primary N) is 1. The molecule has 2 aromatic rings. The number of carbonyl (C=O) groups is 1. The molecule has 2 N–H and O–H groups in total. The van der Waals surface area contributed by atoms with Crippen molar-refractivity contribution < 1.29 is 4.79 Å². The lowest BCUT2D eigenvalue weighted by molar-refractivity contribution is 0.103. The Labute approximate surface area is 111 Å². The molecule has 0 amide bonds. The van der Waals surface area contributed by atoms with Crippen molar-refractivity contribution in [3.63, 3.8) is 0 Å². The molecule has 2 aromatic carbocycles. The SMILES string of the molecule is CSc1ccc(N)c(C(=O)c2ccc(C)cc2)c1. The summed E-state index contributed by atoms with van der Waals surface area (Å²) in [6, 6.07) is 13.1. The van der Waals surface area contributed by atoms with Crippen LogP contribution in [0.15, 0.2) is 47.4 Å². The number of anilines is 1. The van der Waals surface area contributed by atoms with E-state index in [1.165, 1.54) is 0 Å². The molecule has 18 heavy (non-hydrogen) atoms. The molecule has 2 rings (SSSR count). The molecule has 0 aliphatic rings. The third-order valence-electron chi connectivity index (χ3n) is 2.82. The molecule has 0 saturated heterocycles. The molecule has 0 fully saturated rings. The average Bonchev–Trinajstić information content (AvgIpc) is 2.39. The van der Waals surface area contributed by atoms with Crippen molar-refractivity contribution in [2.45, 2.75) is 11.8 Å². The van der Waals surface area contributed by atoms with E-state index in [1.54, 1.807) is 17.8 Å². The van der Waals surface area contributed by atoms with Gasteiger partial charge in [0.15, 0.2) is 5.78 Å². The lowest BCUT2D eigenvalue weighted by Gasteiger charge is -2.07. The molecule has 92 valence electrons. The van der Waals surface area contributed by atoms with Crippen molar-refractivity contribution in [1.82, 2.24) is 0 Å². The summed E-state index contributed by atoms with van der Waals surface area (Å²) < 4.78 is 0. The number of nitrogen functional groups attached to an aromatic ring is 1. The summed E-state index contributed by atoms with van der Waals surface area (Å²) in [5.41, 5.74) is 8.79. The van der Waals surface area contributed by atoms with Crippen molar-refractivity contribution in [2.75, 3.05) is 12.0 Å². The molecule has 3 heteroatoms. The molecule has 0 unspecified atom stereocenters. The monoisotopic (exact) mass is 257 g/mol. The summed E-state index contributed by atoms with van der Waals surface area (Å²) in [6.07, 6.45) is 1.98. The highest BCUT2D eigenvalue weighted by atomic mass is 32.2. The zero-order valence-electron chi connectivity index (χ0n) is 10.4. The van der Waals surface area contributed by atoms with Crippen molar-refractivity contribution >= 4 is 23.2 Å². The van der Waals surface area contributed by atoms with E-state index in [1.807, 2.05) is 49.6 Å². The van der Waals surface area contributed by atoms with Crippen LogP contribution >= 0.6 is 11.8 Å². The Morgan fingerprint density at radius 1 is 1.11 bits per heavy atom. The van der Waals surface area contributed by atoms with E-state index >= 15 is 0 Å². The Morgan fingerprint density at radius 3 is 2.39 bits per heavy atom. The Kier molecular flexibility index (Phi) is 3.72. The first-order chi connectivity index (χ1) is 8.61. The molecule has 0 aliphatic carbocycles. The number of ketones is 1. The molecule has 0 aromatic heterocycles. The normalized spacial score (nSPS) is 10.3. The van der Waals surface area contributed by atoms with Gasteiger partial charge in [0.05, 0.1) is 0 Å². The summed E-state index contributed by atoms with van der Waals surface area (Å²) in [6.45, 7) is 2.00. The van der Waals surface area contributed by atoms with Crippen LogP contribution in [-0.2, 0) is 0 Å². The largest absolute Gasteiger partial charge is 0.398 e. The van der Waals surface area contributed by atoms with Crippen LogP contribution in [0.1, 0.15) is 21.5 Å². The van der Waals surface area contributed by atoms with Gasteiger partial charge in [0, 0.05) is 21.7 Å². The van der Waals surface area contributed by atoms with Crippen LogP contribution in [0.25, 0.3) is 0 Å². The van der Waals surface area contributed by atoms with E-state index in [4.69, 9.17) is 5.73 Å². The van der Waals surface area contributed by atoms with Gasteiger partial charge in [-0.05, 0) is 31.4 Å². The predicted octanol–water partition coefficient (Wildman–Crippen LogP) is 3.53. The van der Waals surface area contributed by atoms with Crippen LogP contribution in [0, 0.1) is 6.92 Å². The van der Waals surface area contributed by atoms with Gasteiger partial charge in [0.1, 0.15) is 0 Å². The third kappa shape index (κ3) is 2.57. The number of benzene rings is 2. The third-order valence-corrected chi connectivity index (χ3v) is 3.54. The van der Waals surface area contributed by atoms with Gasteiger partial charge in [0.25, 0.3) is 0 Å². The second-order valence-corrected chi connectivity index (χ2v) is 5.03. The number of rotatable bonds is 3. The van der Waals surface area contributed by atoms with Gasteiger partial charge in [-0.15, -0.1) is 11.8 Å². The standard InChI is InChI=1S/C15H15NOS/c1-10-3-5-11(6-4-10)15(17)13-9-12(18-2)7-8-14(13)16/h3-9H,16H2,1-2H3. The summed E-state index contributed by atoms with van der Waals surface area (Å²) in [5, 5.41) is 0. The highest BCUT2D eigenvalue weighted by molar-refractivity contribution is 7.98. The predicted molar refractivity (Wildman–Crippen MR) is 77.2 cm³/mol. The maximum Gasteiger partial charge on any atom is 0.195 e. The van der Waals surface area contributed by atoms with Gasteiger partial charge >= 0.3 is 0 Å². The number of hydrogen-bond donors (Lipinski definition) is 1. The Bertz CT molecular complexity index is 576. The molecular weight excluding hydrogens is 242 g/mol. The van der Waals surface area contributed by atoms with Gasteiger partial charge in [-0.25, -0.2) is 0 Å². The quantitative estimate of drug-likeness (QED) is 0.519. The first-order valence-corrected chi connectivity index (χ1v) is 6.89. The molecule has 0 saturated carbocycles. The minimum atomic E-state index is -0.0246. The minimum absolute atomic E-state index is 0.0246. The Balaban J connectivity index is 2.42. The first kappa shape index (κ1) is 12.7. The lowest BCUT2D eigenvalue weighted by atomic mass is 10.0. The highest BCUT2D eigenvalue weighted by Crippen LogP contribution is 2.23. The minimum Gasteiger partial charge on any atom is -0.398 e. The Morgan fingerprint density at radius 2 is 1.78 bits per heavy atom. The maximum atomic E-state index is 12.4.